The fourth-order valence-corrected chi connectivity index (χ4v) is 4.05. The Balaban J connectivity index is 1.52. The molecule has 1 aliphatic carbocycles. The third kappa shape index (κ3) is 2.14. The van der Waals surface area contributed by atoms with Crippen LogP contribution in [-0.4, -0.2) is 36.6 Å². The number of nitrogens with zero attached hydrogens (tertiary/aromatic N) is 1. The smallest absolute Gasteiger partial charge is 0.0226 e. The van der Waals surface area contributed by atoms with Gasteiger partial charge in [-0.05, 0) is 57.0 Å². The van der Waals surface area contributed by atoms with E-state index in [0.29, 0.717) is 0 Å². The summed E-state index contributed by atoms with van der Waals surface area (Å²) in [5.41, 5.74) is 0. The van der Waals surface area contributed by atoms with Crippen LogP contribution in [0.25, 0.3) is 0 Å². The lowest BCUT2D eigenvalue weighted by Gasteiger charge is -2.46. The minimum absolute atomic E-state index is 0.822. The van der Waals surface area contributed by atoms with Crippen LogP contribution in [0.4, 0.5) is 0 Å². The molecule has 3 saturated heterocycles. The molecule has 92 valence electrons. The second kappa shape index (κ2) is 4.66. The van der Waals surface area contributed by atoms with Crippen molar-refractivity contribution in [3.63, 3.8) is 0 Å². The minimum Gasteiger partial charge on any atom is -0.310 e. The lowest BCUT2D eigenvalue weighted by Crippen LogP contribution is -2.57. The van der Waals surface area contributed by atoms with Crippen LogP contribution in [0, 0.1) is 11.8 Å². The maximum Gasteiger partial charge on any atom is 0.0226 e. The summed E-state index contributed by atoms with van der Waals surface area (Å²) in [6, 6.07) is 1.67. The van der Waals surface area contributed by atoms with E-state index in [1.807, 2.05) is 0 Å². The molecule has 2 bridgehead atoms. The maximum atomic E-state index is 3.97. The molecule has 0 radical (unpaired) electrons. The molecule has 4 rings (SSSR count). The van der Waals surface area contributed by atoms with Crippen LogP contribution < -0.4 is 5.32 Å². The molecule has 0 aromatic rings. The molecular formula is C14H26N2. The SMILES string of the molecule is CCC1CCC(NC2CN3CCC2CC3)C1. The van der Waals surface area contributed by atoms with E-state index in [0.717, 1.165) is 23.9 Å². The average Bonchev–Trinajstić information content (AvgIpc) is 2.78. The highest BCUT2D eigenvalue weighted by atomic mass is 15.2. The van der Waals surface area contributed by atoms with Crippen LogP contribution >= 0.6 is 0 Å². The van der Waals surface area contributed by atoms with Gasteiger partial charge in [0.2, 0.25) is 0 Å². The highest BCUT2D eigenvalue weighted by Crippen LogP contribution is 2.32. The number of hydrogen-bond acceptors (Lipinski definition) is 2. The fraction of sp³-hybridized carbons (Fsp3) is 1.00. The maximum absolute atomic E-state index is 3.97. The molecule has 1 N–H and O–H groups in total. The molecule has 3 heterocycles. The van der Waals surface area contributed by atoms with Gasteiger partial charge in [0.05, 0.1) is 0 Å². The van der Waals surface area contributed by atoms with Crippen molar-refractivity contribution in [1.29, 1.82) is 0 Å². The normalized spacial score (nSPS) is 47.4. The van der Waals surface area contributed by atoms with E-state index >= 15 is 0 Å². The zero-order valence-corrected chi connectivity index (χ0v) is 10.6. The van der Waals surface area contributed by atoms with Crippen molar-refractivity contribution >= 4 is 0 Å². The van der Waals surface area contributed by atoms with E-state index in [2.05, 4.69) is 17.1 Å². The quantitative estimate of drug-likeness (QED) is 0.788. The van der Waals surface area contributed by atoms with Crippen molar-refractivity contribution in [2.75, 3.05) is 19.6 Å². The van der Waals surface area contributed by atoms with Crippen LogP contribution in [0.5, 0.6) is 0 Å². The van der Waals surface area contributed by atoms with Crippen LogP contribution in [0.15, 0.2) is 0 Å². The summed E-state index contributed by atoms with van der Waals surface area (Å²) in [6.45, 7) is 6.41. The van der Waals surface area contributed by atoms with Crippen LogP contribution in [0.1, 0.15) is 45.4 Å². The molecule has 0 aromatic heterocycles. The number of hydrogen-bond donors (Lipinski definition) is 1. The molecule has 4 fully saturated rings. The number of nitrogens with one attached hydrogen (secondary N) is 1. The standard InChI is InChI=1S/C14H26N2/c1-2-11-3-4-13(9-11)15-14-10-16-7-5-12(14)6-8-16/h11-15H,2-10H2,1H3. The van der Waals surface area contributed by atoms with Gasteiger partial charge >= 0.3 is 0 Å². The Morgan fingerprint density at radius 2 is 1.94 bits per heavy atom. The van der Waals surface area contributed by atoms with Crippen molar-refractivity contribution in [3.05, 3.63) is 0 Å². The molecule has 2 heteroatoms. The van der Waals surface area contributed by atoms with Crippen molar-refractivity contribution in [2.45, 2.75) is 57.5 Å². The highest BCUT2D eigenvalue weighted by Gasteiger charge is 2.36. The topological polar surface area (TPSA) is 15.3 Å². The first kappa shape index (κ1) is 11.0. The van der Waals surface area contributed by atoms with Crippen LogP contribution in [-0.2, 0) is 0 Å². The first-order valence-corrected chi connectivity index (χ1v) is 7.33. The molecule has 0 spiro atoms. The monoisotopic (exact) mass is 222 g/mol. The fourth-order valence-electron chi connectivity index (χ4n) is 4.05. The average molecular weight is 222 g/mol. The third-order valence-electron chi connectivity index (χ3n) is 5.22. The van der Waals surface area contributed by atoms with Gasteiger partial charge in [-0.15, -0.1) is 0 Å². The van der Waals surface area contributed by atoms with E-state index in [9.17, 15) is 0 Å². The van der Waals surface area contributed by atoms with Gasteiger partial charge in [-0.1, -0.05) is 13.3 Å². The Bertz CT molecular complexity index is 233. The Morgan fingerprint density at radius 1 is 1.12 bits per heavy atom. The van der Waals surface area contributed by atoms with Gasteiger partial charge in [-0.2, -0.15) is 0 Å². The summed E-state index contributed by atoms with van der Waals surface area (Å²) in [7, 11) is 0. The second-order valence-corrected chi connectivity index (χ2v) is 6.20. The van der Waals surface area contributed by atoms with Gasteiger partial charge in [0, 0.05) is 18.6 Å². The van der Waals surface area contributed by atoms with E-state index in [1.165, 1.54) is 58.2 Å². The zero-order valence-electron chi connectivity index (χ0n) is 10.6. The first-order chi connectivity index (χ1) is 7.85. The molecule has 3 atom stereocenters. The molecule has 3 aliphatic heterocycles. The Hall–Kier alpha value is -0.0800. The summed E-state index contributed by atoms with van der Waals surface area (Å²) in [5, 5.41) is 3.97. The number of fused-ring (bicyclic) bond motifs is 3. The lowest BCUT2D eigenvalue weighted by atomic mass is 9.83. The molecule has 0 amide bonds. The van der Waals surface area contributed by atoms with E-state index in [-0.39, 0.29) is 0 Å². The third-order valence-corrected chi connectivity index (χ3v) is 5.22. The molecule has 4 aliphatic rings. The van der Waals surface area contributed by atoms with Gasteiger partial charge in [0.1, 0.15) is 0 Å². The highest BCUT2D eigenvalue weighted by molar-refractivity contribution is 4.93. The summed E-state index contributed by atoms with van der Waals surface area (Å²) in [4.78, 5) is 2.66. The zero-order chi connectivity index (χ0) is 11.0. The summed E-state index contributed by atoms with van der Waals surface area (Å²) >= 11 is 0. The van der Waals surface area contributed by atoms with Gasteiger partial charge in [0.25, 0.3) is 0 Å². The van der Waals surface area contributed by atoms with Crippen LogP contribution in [0.3, 0.4) is 0 Å². The van der Waals surface area contributed by atoms with E-state index < -0.39 is 0 Å². The summed E-state index contributed by atoms with van der Waals surface area (Å²) < 4.78 is 0. The van der Waals surface area contributed by atoms with Crippen molar-refractivity contribution in [2.24, 2.45) is 11.8 Å². The molecule has 16 heavy (non-hydrogen) atoms. The molecule has 3 unspecified atom stereocenters. The van der Waals surface area contributed by atoms with E-state index in [1.54, 1.807) is 0 Å². The lowest BCUT2D eigenvalue weighted by molar-refractivity contribution is 0.0671. The minimum atomic E-state index is 0.822. The molecular weight excluding hydrogens is 196 g/mol. The van der Waals surface area contributed by atoms with Crippen LogP contribution in [0.2, 0.25) is 0 Å². The van der Waals surface area contributed by atoms with E-state index in [4.69, 9.17) is 0 Å². The second-order valence-electron chi connectivity index (χ2n) is 6.20. The van der Waals surface area contributed by atoms with Gasteiger partial charge < -0.3 is 10.2 Å². The van der Waals surface area contributed by atoms with Crippen molar-refractivity contribution in [3.8, 4) is 0 Å². The largest absolute Gasteiger partial charge is 0.310 e. The molecule has 1 saturated carbocycles. The number of piperidine rings is 3. The predicted molar refractivity (Wildman–Crippen MR) is 67.5 cm³/mol. The summed E-state index contributed by atoms with van der Waals surface area (Å²) in [5.74, 6) is 2.00. The van der Waals surface area contributed by atoms with Crippen molar-refractivity contribution in [1.82, 2.24) is 10.2 Å². The first-order valence-electron chi connectivity index (χ1n) is 7.33. The Labute approximate surface area is 99.8 Å². The number of rotatable bonds is 3. The van der Waals surface area contributed by atoms with Crippen molar-refractivity contribution < 1.29 is 0 Å². The van der Waals surface area contributed by atoms with Gasteiger partial charge in [0.15, 0.2) is 0 Å². The van der Waals surface area contributed by atoms with Gasteiger partial charge in [-0.3, -0.25) is 0 Å². The predicted octanol–water partition coefficient (Wildman–Crippen LogP) is 2.25. The van der Waals surface area contributed by atoms with Gasteiger partial charge in [-0.25, -0.2) is 0 Å². The molecule has 2 nitrogen and oxygen atoms in total. The Morgan fingerprint density at radius 3 is 2.50 bits per heavy atom. The summed E-state index contributed by atoms with van der Waals surface area (Å²) in [6.07, 6.45) is 8.62. The molecule has 0 aromatic carbocycles. The Kier molecular flexibility index (Phi) is 3.21.